The van der Waals surface area contributed by atoms with Gasteiger partial charge in [0.2, 0.25) is 0 Å². The van der Waals surface area contributed by atoms with Gasteiger partial charge in [0.1, 0.15) is 29.8 Å². The Kier molecular flexibility index (Phi) is 6.48. The zero-order chi connectivity index (χ0) is 27.0. The number of rotatable bonds is 6. The molecule has 1 heterocycles. The number of imidazole rings is 1. The van der Waals surface area contributed by atoms with Crippen LogP contribution in [0.2, 0.25) is 0 Å². The molecule has 0 amide bonds. The second-order valence-electron chi connectivity index (χ2n) is 8.62. The molecule has 0 aliphatic rings. The Morgan fingerprint density at radius 1 is 0.974 bits per heavy atom. The minimum atomic E-state index is -4.77. The van der Waals surface area contributed by atoms with Crippen LogP contribution in [0.15, 0.2) is 79.1 Å². The summed E-state index contributed by atoms with van der Waals surface area (Å²) < 4.78 is 75.4. The molecule has 10 heteroatoms. The highest BCUT2D eigenvalue weighted by molar-refractivity contribution is 6.05. The zero-order valence-electron chi connectivity index (χ0n) is 19.8. The predicted octanol–water partition coefficient (Wildman–Crippen LogP) is 7.20. The summed E-state index contributed by atoms with van der Waals surface area (Å²) in [6, 6.07) is 17.6. The van der Waals surface area contributed by atoms with E-state index in [-0.39, 0.29) is 17.7 Å². The third-order valence-corrected chi connectivity index (χ3v) is 6.00. The van der Waals surface area contributed by atoms with Crippen molar-refractivity contribution in [3.63, 3.8) is 0 Å². The molecule has 5 nitrogen and oxygen atoms in total. The fraction of sp³-hybridized carbons (Fsp3) is 0.143. The average Bonchev–Trinajstić information content (AvgIpc) is 3.28. The number of benzene rings is 4. The second kappa shape index (κ2) is 9.77. The van der Waals surface area contributed by atoms with E-state index in [1.807, 2.05) is 24.3 Å². The lowest BCUT2D eigenvalue weighted by Gasteiger charge is -2.14. The molecule has 0 fully saturated rings. The molecule has 5 aromatic rings. The monoisotopic (exact) mass is 526 g/mol. The number of hydrogen-bond donors (Lipinski definition) is 0. The Hall–Kier alpha value is -4.47. The Morgan fingerprint density at radius 2 is 1.74 bits per heavy atom. The molecule has 4 aromatic carbocycles. The lowest BCUT2D eigenvalue weighted by Crippen LogP contribution is -2.17. The molecular formula is C28H19F5N2O3. The molecule has 5 rings (SSSR count). The molecule has 38 heavy (non-hydrogen) atoms. The molecule has 0 spiro atoms. The highest BCUT2D eigenvalue weighted by Gasteiger charge is 2.31. The van der Waals surface area contributed by atoms with Crippen LogP contribution >= 0.6 is 0 Å². The molecule has 0 N–H and O–H groups in total. The number of ether oxygens (including phenoxy) is 2. The van der Waals surface area contributed by atoms with Crippen LogP contribution < -0.4 is 4.74 Å². The maximum atomic E-state index is 14.0. The second-order valence-corrected chi connectivity index (χ2v) is 8.62. The van der Waals surface area contributed by atoms with Crippen molar-refractivity contribution in [3.8, 4) is 11.4 Å². The first-order valence-corrected chi connectivity index (χ1v) is 11.5. The number of carbonyl (C=O) groups excluding carboxylic acids is 1. The van der Waals surface area contributed by atoms with Crippen molar-refractivity contribution < 1.29 is 36.2 Å². The van der Waals surface area contributed by atoms with Gasteiger partial charge in [-0.1, -0.05) is 24.3 Å². The maximum Gasteiger partial charge on any atom is 0.573 e. The van der Waals surface area contributed by atoms with Crippen LogP contribution in [0.25, 0.3) is 27.5 Å². The number of esters is 1. The smallest absolute Gasteiger partial charge is 0.457 e. The van der Waals surface area contributed by atoms with Crippen LogP contribution in [0.4, 0.5) is 22.0 Å². The van der Waals surface area contributed by atoms with Crippen molar-refractivity contribution in [2.75, 3.05) is 0 Å². The van der Waals surface area contributed by atoms with Gasteiger partial charge in [0.25, 0.3) is 0 Å². The van der Waals surface area contributed by atoms with Crippen molar-refractivity contribution in [2.45, 2.75) is 25.8 Å². The van der Waals surface area contributed by atoms with Gasteiger partial charge in [-0.15, -0.1) is 13.2 Å². The molecule has 0 aliphatic carbocycles. The number of nitrogens with zero attached hydrogens (tertiary/aromatic N) is 2. The predicted molar refractivity (Wildman–Crippen MR) is 130 cm³/mol. The van der Waals surface area contributed by atoms with Crippen molar-refractivity contribution in [1.29, 1.82) is 0 Å². The van der Waals surface area contributed by atoms with E-state index in [0.717, 1.165) is 28.4 Å². The number of fused-ring (bicyclic) bond motifs is 3. The van der Waals surface area contributed by atoms with Crippen LogP contribution in [0.5, 0.6) is 5.75 Å². The van der Waals surface area contributed by atoms with Gasteiger partial charge in [-0.3, -0.25) is 9.36 Å². The Labute approximate surface area is 213 Å². The summed E-state index contributed by atoms with van der Waals surface area (Å²) in [4.78, 5) is 17.0. The standard InChI is InChI=1S/C28H19F5N2O3/c1-16(22-10-4-19(29)14-24(22)30)37-26(36)13-17-2-9-23-18(12-17)3-11-25-27(23)34-15-35(25)20-5-7-21(8-6-20)38-28(31,32)33/h2-12,14-16H,13H2,1H3. The summed E-state index contributed by atoms with van der Waals surface area (Å²) >= 11 is 0. The number of carbonyl (C=O) groups is 1. The quantitative estimate of drug-likeness (QED) is 0.173. The number of aromatic nitrogens is 2. The van der Waals surface area contributed by atoms with E-state index in [1.165, 1.54) is 37.3 Å². The van der Waals surface area contributed by atoms with Gasteiger partial charge in [-0.2, -0.15) is 0 Å². The highest BCUT2D eigenvalue weighted by Crippen LogP contribution is 2.29. The fourth-order valence-corrected chi connectivity index (χ4v) is 4.28. The van der Waals surface area contributed by atoms with Crippen LogP contribution in [-0.2, 0) is 16.0 Å². The van der Waals surface area contributed by atoms with Gasteiger partial charge in [0.05, 0.1) is 17.5 Å². The highest BCUT2D eigenvalue weighted by atomic mass is 19.4. The van der Waals surface area contributed by atoms with Gasteiger partial charge in [-0.25, -0.2) is 13.8 Å². The van der Waals surface area contributed by atoms with Gasteiger partial charge >= 0.3 is 12.3 Å². The lowest BCUT2D eigenvalue weighted by atomic mass is 10.0. The molecule has 1 unspecified atom stereocenters. The molecule has 1 aromatic heterocycles. The first-order valence-electron chi connectivity index (χ1n) is 11.5. The topological polar surface area (TPSA) is 53.3 Å². The summed E-state index contributed by atoms with van der Waals surface area (Å²) in [6.45, 7) is 1.51. The van der Waals surface area contributed by atoms with Crippen molar-refractivity contribution >= 4 is 27.8 Å². The van der Waals surface area contributed by atoms with E-state index in [1.54, 1.807) is 17.0 Å². The fourth-order valence-electron chi connectivity index (χ4n) is 4.28. The van der Waals surface area contributed by atoms with E-state index in [9.17, 15) is 26.7 Å². The largest absolute Gasteiger partial charge is 0.573 e. The summed E-state index contributed by atoms with van der Waals surface area (Å²) in [5.41, 5.74) is 2.77. The lowest BCUT2D eigenvalue weighted by molar-refractivity contribution is -0.274. The summed E-state index contributed by atoms with van der Waals surface area (Å²) in [5, 5.41) is 1.64. The molecule has 1 atom stereocenters. The molecule has 0 bridgehead atoms. The summed E-state index contributed by atoms with van der Waals surface area (Å²) in [5.74, 6) is -2.39. The average molecular weight is 526 g/mol. The van der Waals surface area contributed by atoms with Gasteiger partial charge < -0.3 is 9.47 Å². The van der Waals surface area contributed by atoms with Crippen LogP contribution in [0.3, 0.4) is 0 Å². The summed E-state index contributed by atoms with van der Waals surface area (Å²) in [6.07, 6.45) is -4.13. The maximum absolute atomic E-state index is 14.0. The molecule has 0 saturated carbocycles. The van der Waals surface area contributed by atoms with Crippen molar-refractivity contribution in [2.24, 2.45) is 0 Å². The molecule has 194 valence electrons. The third kappa shape index (κ3) is 5.29. The summed E-state index contributed by atoms with van der Waals surface area (Å²) in [7, 11) is 0. The number of hydrogen-bond acceptors (Lipinski definition) is 4. The van der Waals surface area contributed by atoms with Gasteiger partial charge in [0, 0.05) is 22.7 Å². The minimum Gasteiger partial charge on any atom is -0.457 e. The Balaban J connectivity index is 1.34. The first-order chi connectivity index (χ1) is 18.1. The molecule has 0 radical (unpaired) electrons. The third-order valence-electron chi connectivity index (χ3n) is 6.00. The van der Waals surface area contributed by atoms with Gasteiger partial charge in [-0.05, 0) is 60.3 Å². The molecular weight excluding hydrogens is 507 g/mol. The SMILES string of the molecule is CC(OC(=O)Cc1ccc2c(ccc3c2ncn3-c2ccc(OC(F)(F)F)cc2)c1)c1ccc(F)cc1F. The van der Waals surface area contributed by atoms with Crippen molar-refractivity contribution in [1.82, 2.24) is 9.55 Å². The normalized spacial score (nSPS) is 12.6. The number of alkyl halides is 3. The number of halogens is 5. The van der Waals surface area contributed by atoms with E-state index in [4.69, 9.17) is 4.74 Å². The minimum absolute atomic E-state index is 0.0537. The first kappa shape index (κ1) is 25.2. The Morgan fingerprint density at radius 3 is 2.45 bits per heavy atom. The zero-order valence-corrected chi connectivity index (χ0v) is 19.8. The molecule has 0 aliphatic heterocycles. The van der Waals surface area contributed by atoms with E-state index >= 15 is 0 Å². The van der Waals surface area contributed by atoms with Crippen LogP contribution in [0.1, 0.15) is 24.2 Å². The van der Waals surface area contributed by atoms with Crippen molar-refractivity contribution in [3.05, 3.63) is 102 Å². The Bertz CT molecular complexity index is 1650. The van der Waals surface area contributed by atoms with E-state index < -0.39 is 30.1 Å². The van der Waals surface area contributed by atoms with E-state index in [2.05, 4.69) is 9.72 Å². The molecule has 0 saturated heterocycles. The van der Waals surface area contributed by atoms with Crippen LogP contribution in [0, 0.1) is 11.6 Å². The van der Waals surface area contributed by atoms with Gasteiger partial charge in [0.15, 0.2) is 0 Å². The van der Waals surface area contributed by atoms with Crippen LogP contribution in [-0.4, -0.2) is 21.9 Å². The van der Waals surface area contributed by atoms with E-state index in [0.29, 0.717) is 16.8 Å².